The summed E-state index contributed by atoms with van der Waals surface area (Å²) >= 11 is 18.4. The van der Waals surface area contributed by atoms with E-state index in [0.29, 0.717) is 16.1 Å². The summed E-state index contributed by atoms with van der Waals surface area (Å²) in [5, 5.41) is 2.15. The molecule has 0 saturated carbocycles. The third kappa shape index (κ3) is 3.31. The molecule has 1 atom stereocenters. The molecule has 4 heteroatoms. The molecule has 1 aliphatic heterocycles. The molecule has 2 aromatic carbocycles. The van der Waals surface area contributed by atoms with Crippen molar-refractivity contribution in [2.75, 3.05) is 11.4 Å². The van der Waals surface area contributed by atoms with E-state index < -0.39 is 0 Å². The van der Waals surface area contributed by atoms with Gasteiger partial charge in [0.25, 0.3) is 0 Å². The molecule has 3 rings (SSSR count). The summed E-state index contributed by atoms with van der Waals surface area (Å²) < 4.78 is 0. The van der Waals surface area contributed by atoms with Gasteiger partial charge in [0.2, 0.25) is 0 Å². The SMILES string of the molecule is Clc1ccc([C@@H]2CCCCN2c2ccc(Cl)cc2Cl)cc1. The van der Waals surface area contributed by atoms with Gasteiger partial charge in [0.15, 0.2) is 0 Å². The maximum Gasteiger partial charge on any atom is 0.0654 e. The molecule has 1 saturated heterocycles. The number of halogens is 3. The van der Waals surface area contributed by atoms with E-state index >= 15 is 0 Å². The molecule has 2 aromatic rings. The van der Waals surface area contributed by atoms with Gasteiger partial charge in [-0.25, -0.2) is 0 Å². The van der Waals surface area contributed by atoms with Gasteiger partial charge in [-0.15, -0.1) is 0 Å². The Labute approximate surface area is 140 Å². The second-order valence-corrected chi connectivity index (χ2v) is 6.63. The second-order valence-electron chi connectivity index (χ2n) is 5.35. The quantitative estimate of drug-likeness (QED) is 0.613. The molecule has 0 aliphatic carbocycles. The Hall–Kier alpha value is -0.890. The Morgan fingerprint density at radius 2 is 1.57 bits per heavy atom. The van der Waals surface area contributed by atoms with Crippen LogP contribution < -0.4 is 4.90 Å². The fraction of sp³-hybridized carbons (Fsp3) is 0.294. The zero-order valence-corrected chi connectivity index (χ0v) is 13.8. The van der Waals surface area contributed by atoms with E-state index in [4.69, 9.17) is 34.8 Å². The van der Waals surface area contributed by atoms with Crippen molar-refractivity contribution in [3.8, 4) is 0 Å². The van der Waals surface area contributed by atoms with Crippen molar-refractivity contribution < 1.29 is 0 Å². The molecule has 110 valence electrons. The summed E-state index contributed by atoms with van der Waals surface area (Å²) in [6.45, 7) is 1.01. The smallest absolute Gasteiger partial charge is 0.0654 e. The molecule has 1 aliphatic rings. The molecule has 1 nitrogen and oxygen atoms in total. The molecule has 0 amide bonds. The van der Waals surface area contributed by atoms with Crippen LogP contribution in [0.3, 0.4) is 0 Å². The Bertz CT molecular complexity index is 624. The van der Waals surface area contributed by atoms with Crippen molar-refractivity contribution in [2.24, 2.45) is 0 Å². The monoisotopic (exact) mass is 339 g/mol. The first kappa shape index (κ1) is 15.0. The van der Waals surface area contributed by atoms with Gasteiger partial charge in [-0.3, -0.25) is 0 Å². The van der Waals surface area contributed by atoms with Crippen LogP contribution in [0.1, 0.15) is 30.9 Å². The molecule has 0 radical (unpaired) electrons. The predicted molar refractivity (Wildman–Crippen MR) is 91.9 cm³/mol. The first-order valence-corrected chi connectivity index (χ1v) is 8.26. The Morgan fingerprint density at radius 1 is 0.857 bits per heavy atom. The van der Waals surface area contributed by atoms with Gasteiger partial charge >= 0.3 is 0 Å². The molecule has 0 N–H and O–H groups in total. The highest BCUT2D eigenvalue weighted by Gasteiger charge is 2.25. The largest absolute Gasteiger partial charge is 0.363 e. The molecule has 0 bridgehead atoms. The highest BCUT2D eigenvalue weighted by Crippen LogP contribution is 2.39. The number of hydrogen-bond acceptors (Lipinski definition) is 1. The van der Waals surface area contributed by atoms with Crippen molar-refractivity contribution in [3.63, 3.8) is 0 Å². The summed E-state index contributed by atoms with van der Waals surface area (Å²) in [4.78, 5) is 2.38. The van der Waals surface area contributed by atoms with Crippen LogP contribution in [0.4, 0.5) is 5.69 Å². The Morgan fingerprint density at radius 3 is 2.29 bits per heavy atom. The van der Waals surface area contributed by atoms with E-state index in [1.807, 2.05) is 30.3 Å². The lowest BCUT2D eigenvalue weighted by Crippen LogP contribution is -2.33. The third-order valence-electron chi connectivity index (χ3n) is 3.98. The highest BCUT2D eigenvalue weighted by atomic mass is 35.5. The standard InChI is InChI=1S/C17H16Cl3N/c18-13-6-4-12(5-7-13)16-3-1-2-10-21(16)17-9-8-14(19)11-15(17)20/h4-9,11,16H,1-3,10H2/t16-/m0/s1. The van der Waals surface area contributed by atoms with E-state index in [0.717, 1.165) is 23.7 Å². The molecule has 0 aromatic heterocycles. The van der Waals surface area contributed by atoms with E-state index in [2.05, 4.69) is 17.0 Å². The van der Waals surface area contributed by atoms with Gasteiger partial charge in [-0.2, -0.15) is 0 Å². The van der Waals surface area contributed by atoms with Crippen LogP contribution in [0.2, 0.25) is 15.1 Å². The normalized spacial score (nSPS) is 18.8. The number of anilines is 1. The fourth-order valence-electron chi connectivity index (χ4n) is 2.97. The number of piperidine rings is 1. The molecular weight excluding hydrogens is 325 g/mol. The summed E-state index contributed by atoms with van der Waals surface area (Å²) in [7, 11) is 0. The number of hydrogen-bond donors (Lipinski definition) is 0. The summed E-state index contributed by atoms with van der Waals surface area (Å²) in [6.07, 6.45) is 3.54. The average molecular weight is 341 g/mol. The summed E-state index contributed by atoms with van der Waals surface area (Å²) in [6, 6.07) is 14.2. The van der Waals surface area contributed by atoms with Crippen molar-refractivity contribution in [1.29, 1.82) is 0 Å². The van der Waals surface area contributed by atoms with Gasteiger partial charge in [0.05, 0.1) is 16.8 Å². The molecule has 0 unspecified atom stereocenters. The lowest BCUT2D eigenvalue weighted by atomic mass is 9.94. The van der Waals surface area contributed by atoms with E-state index in [1.165, 1.54) is 18.4 Å². The van der Waals surface area contributed by atoms with Crippen LogP contribution in [-0.2, 0) is 0 Å². The summed E-state index contributed by atoms with van der Waals surface area (Å²) in [5.74, 6) is 0. The average Bonchev–Trinajstić information content (AvgIpc) is 2.48. The maximum atomic E-state index is 6.39. The van der Waals surface area contributed by atoms with Gasteiger partial charge in [-0.1, -0.05) is 46.9 Å². The predicted octanol–water partition coefficient (Wildman–Crippen LogP) is 6.38. The van der Waals surface area contributed by atoms with Gasteiger partial charge in [0.1, 0.15) is 0 Å². The van der Waals surface area contributed by atoms with Crippen LogP contribution in [0.15, 0.2) is 42.5 Å². The van der Waals surface area contributed by atoms with E-state index in [1.54, 1.807) is 0 Å². The zero-order chi connectivity index (χ0) is 14.8. The first-order valence-electron chi connectivity index (χ1n) is 7.12. The fourth-order valence-corrected chi connectivity index (χ4v) is 3.61. The van der Waals surface area contributed by atoms with Crippen molar-refractivity contribution >= 4 is 40.5 Å². The highest BCUT2D eigenvalue weighted by molar-refractivity contribution is 6.36. The lowest BCUT2D eigenvalue weighted by Gasteiger charge is -2.38. The van der Waals surface area contributed by atoms with Gasteiger partial charge in [-0.05, 0) is 55.2 Å². The minimum absolute atomic E-state index is 0.342. The van der Waals surface area contributed by atoms with Crippen LogP contribution in [0.25, 0.3) is 0 Å². The van der Waals surface area contributed by atoms with Crippen LogP contribution in [0.5, 0.6) is 0 Å². The molecule has 1 fully saturated rings. The Balaban J connectivity index is 1.96. The second kappa shape index (κ2) is 6.48. The van der Waals surface area contributed by atoms with Crippen LogP contribution >= 0.6 is 34.8 Å². The maximum absolute atomic E-state index is 6.39. The lowest BCUT2D eigenvalue weighted by molar-refractivity contribution is 0.473. The topological polar surface area (TPSA) is 3.24 Å². The number of nitrogens with zero attached hydrogens (tertiary/aromatic N) is 1. The van der Waals surface area contributed by atoms with Crippen LogP contribution in [-0.4, -0.2) is 6.54 Å². The molecule has 0 spiro atoms. The van der Waals surface area contributed by atoms with Crippen molar-refractivity contribution in [1.82, 2.24) is 0 Å². The first-order chi connectivity index (χ1) is 10.1. The number of rotatable bonds is 2. The molecule has 1 heterocycles. The zero-order valence-electron chi connectivity index (χ0n) is 11.5. The van der Waals surface area contributed by atoms with Crippen molar-refractivity contribution in [3.05, 3.63) is 63.1 Å². The Kier molecular flexibility index (Phi) is 4.63. The number of benzene rings is 2. The minimum atomic E-state index is 0.342. The van der Waals surface area contributed by atoms with Crippen LogP contribution in [0, 0.1) is 0 Å². The molecular formula is C17H16Cl3N. The van der Waals surface area contributed by atoms with Crippen molar-refractivity contribution in [2.45, 2.75) is 25.3 Å². The third-order valence-corrected chi connectivity index (χ3v) is 4.77. The summed E-state index contributed by atoms with van der Waals surface area (Å²) in [5.41, 5.74) is 2.34. The van der Waals surface area contributed by atoms with Gasteiger partial charge < -0.3 is 4.90 Å². The minimum Gasteiger partial charge on any atom is -0.363 e. The van der Waals surface area contributed by atoms with E-state index in [-0.39, 0.29) is 0 Å². The molecule has 21 heavy (non-hydrogen) atoms. The van der Waals surface area contributed by atoms with Gasteiger partial charge in [0, 0.05) is 16.6 Å². The van der Waals surface area contributed by atoms with E-state index in [9.17, 15) is 0 Å².